The Hall–Kier alpha value is -1.23. The fourth-order valence-corrected chi connectivity index (χ4v) is 1.63. The molecule has 2 atom stereocenters. The van der Waals surface area contributed by atoms with Crippen LogP contribution >= 0.6 is 0 Å². The van der Waals surface area contributed by atoms with E-state index in [-0.39, 0.29) is 6.04 Å². The molecule has 80 valence electrons. The van der Waals surface area contributed by atoms with Gasteiger partial charge in [-0.15, -0.1) is 0 Å². The van der Waals surface area contributed by atoms with Gasteiger partial charge in [0.15, 0.2) is 0 Å². The Kier molecular flexibility index (Phi) is 3.11. The first-order valence-electron chi connectivity index (χ1n) is 4.99. The van der Waals surface area contributed by atoms with Crippen molar-refractivity contribution in [2.24, 2.45) is 4.99 Å². The predicted octanol–water partition coefficient (Wildman–Crippen LogP) is 0.567. The number of hydrazine groups is 1. The van der Waals surface area contributed by atoms with Gasteiger partial charge in [-0.25, -0.2) is 10.4 Å². The number of rotatable bonds is 1. The summed E-state index contributed by atoms with van der Waals surface area (Å²) in [6.45, 7) is 0.695. The Labute approximate surface area is 89.2 Å². The van der Waals surface area contributed by atoms with Crippen LogP contribution in [0.15, 0.2) is 35.3 Å². The lowest BCUT2D eigenvalue weighted by molar-refractivity contribution is 0.0442. The second-order valence-electron chi connectivity index (χ2n) is 3.64. The summed E-state index contributed by atoms with van der Waals surface area (Å²) in [4.78, 5) is 4.35. The third-order valence-corrected chi connectivity index (χ3v) is 2.41. The topological polar surface area (TPSA) is 47.9 Å². The van der Waals surface area contributed by atoms with Crippen molar-refractivity contribution in [3.8, 4) is 0 Å². The maximum Gasteiger partial charge on any atom is 0.144 e. The summed E-state index contributed by atoms with van der Waals surface area (Å²) in [5.41, 5.74) is 3.97. The van der Waals surface area contributed by atoms with Gasteiger partial charge >= 0.3 is 0 Å². The van der Waals surface area contributed by atoms with E-state index in [2.05, 4.69) is 10.4 Å². The summed E-state index contributed by atoms with van der Waals surface area (Å²) >= 11 is 0. The molecule has 1 aliphatic heterocycles. The lowest BCUT2D eigenvalue weighted by Crippen LogP contribution is -2.43. The van der Waals surface area contributed by atoms with Gasteiger partial charge in [0.25, 0.3) is 0 Å². The molecule has 0 fully saturated rings. The van der Waals surface area contributed by atoms with Gasteiger partial charge in [0.1, 0.15) is 12.3 Å². The molecule has 4 heteroatoms. The summed E-state index contributed by atoms with van der Waals surface area (Å²) in [6.07, 6.45) is 1.15. The maximum atomic E-state index is 9.91. The number of hydrogen-bond acceptors (Lipinski definition) is 4. The van der Waals surface area contributed by atoms with E-state index in [9.17, 15) is 5.11 Å². The van der Waals surface area contributed by atoms with E-state index in [0.717, 1.165) is 5.56 Å². The second kappa shape index (κ2) is 4.53. The number of aliphatic hydroxyl groups excluding tert-OH is 1. The quantitative estimate of drug-likeness (QED) is 0.704. The van der Waals surface area contributed by atoms with E-state index in [4.69, 9.17) is 0 Å². The smallest absolute Gasteiger partial charge is 0.144 e. The van der Waals surface area contributed by atoms with Crippen LogP contribution in [0.2, 0.25) is 0 Å². The molecule has 0 saturated heterocycles. The van der Waals surface area contributed by atoms with Crippen LogP contribution in [0, 0.1) is 0 Å². The largest absolute Gasteiger partial charge is 0.375 e. The fourth-order valence-electron chi connectivity index (χ4n) is 1.63. The highest BCUT2D eigenvalue weighted by Crippen LogP contribution is 2.20. The number of nitrogens with zero attached hydrogens (tertiary/aromatic N) is 2. The minimum atomic E-state index is -0.670. The van der Waals surface area contributed by atoms with Crippen molar-refractivity contribution in [3.63, 3.8) is 0 Å². The van der Waals surface area contributed by atoms with Crippen LogP contribution in [0.4, 0.5) is 0 Å². The van der Waals surface area contributed by atoms with Crippen LogP contribution in [0.3, 0.4) is 0 Å². The van der Waals surface area contributed by atoms with Gasteiger partial charge in [0, 0.05) is 19.8 Å². The summed E-state index contributed by atoms with van der Waals surface area (Å²) in [6, 6.07) is 9.57. The number of aliphatic imine (C=N–C) groups is 1. The van der Waals surface area contributed by atoms with E-state index in [1.807, 2.05) is 48.6 Å². The summed E-state index contributed by atoms with van der Waals surface area (Å²) in [5.74, 6) is 0. The zero-order valence-electron chi connectivity index (χ0n) is 8.67. The van der Waals surface area contributed by atoms with Crippen LogP contribution in [-0.2, 0) is 0 Å². The molecule has 4 nitrogen and oxygen atoms in total. The average Bonchev–Trinajstić information content (AvgIpc) is 2.40. The average molecular weight is 205 g/mol. The predicted molar refractivity (Wildman–Crippen MR) is 59.4 cm³/mol. The van der Waals surface area contributed by atoms with Crippen molar-refractivity contribution in [3.05, 3.63) is 35.9 Å². The Morgan fingerprint density at radius 1 is 1.40 bits per heavy atom. The highest BCUT2D eigenvalue weighted by atomic mass is 16.3. The standard InChI is InChI=1S/C11H15N3O/c1-14-8-7-12-10(11(15)13-14)9-5-3-2-4-6-9/h2-7,10-11,13,15H,8H2,1H3. The molecule has 1 heterocycles. The minimum absolute atomic E-state index is 0.226. The molecule has 0 saturated carbocycles. The third-order valence-electron chi connectivity index (χ3n) is 2.41. The van der Waals surface area contributed by atoms with Gasteiger partial charge < -0.3 is 5.11 Å². The van der Waals surface area contributed by atoms with Gasteiger partial charge in [-0.2, -0.15) is 0 Å². The molecule has 0 radical (unpaired) electrons. The van der Waals surface area contributed by atoms with E-state index in [1.165, 1.54) is 0 Å². The highest BCUT2D eigenvalue weighted by Gasteiger charge is 2.22. The molecule has 0 amide bonds. The van der Waals surface area contributed by atoms with Crippen molar-refractivity contribution in [1.29, 1.82) is 0 Å². The summed E-state index contributed by atoms with van der Waals surface area (Å²) in [7, 11) is 1.88. The molecule has 15 heavy (non-hydrogen) atoms. The summed E-state index contributed by atoms with van der Waals surface area (Å²) in [5, 5.41) is 11.7. The fraction of sp³-hybridized carbons (Fsp3) is 0.364. The minimum Gasteiger partial charge on any atom is -0.375 e. The van der Waals surface area contributed by atoms with E-state index in [0.29, 0.717) is 6.54 Å². The van der Waals surface area contributed by atoms with Crippen LogP contribution in [0.1, 0.15) is 11.6 Å². The van der Waals surface area contributed by atoms with Crippen LogP contribution < -0.4 is 5.43 Å². The molecule has 1 aromatic carbocycles. The molecule has 0 aromatic heterocycles. The zero-order chi connectivity index (χ0) is 10.7. The molecule has 2 N–H and O–H groups in total. The number of aliphatic hydroxyl groups is 1. The molecular weight excluding hydrogens is 190 g/mol. The van der Waals surface area contributed by atoms with Gasteiger partial charge in [-0.1, -0.05) is 30.3 Å². The first-order chi connectivity index (χ1) is 7.27. The molecule has 0 aliphatic carbocycles. The first-order valence-corrected chi connectivity index (χ1v) is 4.99. The Balaban J connectivity index is 2.21. The van der Waals surface area contributed by atoms with Crippen molar-refractivity contribution < 1.29 is 5.11 Å². The van der Waals surface area contributed by atoms with Gasteiger partial charge in [-0.3, -0.25) is 4.99 Å². The maximum absolute atomic E-state index is 9.91. The van der Waals surface area contributed by atoms with E-state index >= 15 is 0 Å². The Bertz CT molecular complexity index is 339. The van der Waals surface area contributed by atoms with Crippen LogP contribution in [0.5, 0.6) is 0 Å². The van der Waals surface area contributed by atoms with E-state index in [1.54, 1.807) is 0 Å². The molecular formula is C11H15N3O. The van der Waals surface area contributed by atoms with Crippen molar-refractivity contribution in [2.75, 3.05) is 13.6 Å². The van der Waals surface area contributed by atoms with Crippen LogP contribution in [-0.4, -0.2) is 36.2 Å². The van der Waals surface area contributed by atoms with Crippen molar-refractivity contribution >= 4 is 6.21 Å². The number of benzene rings is 1. The number of nitrogens with one attached hydrogen (secondary N) is 1. The lowest BCUT2D eigenvalue weighted by atomic mass is 10.1. The SMILES string of the molecule is CN1CC=NC(c2ccccc2)C(O)N1. The second-order valence-corrected chi connectivity index (χ2v) is 3.64. The molecule has 2 unspecified atom stereocenters. The third kappa shape index (κ3) is 2.41. The zero-order valence-corrected chi connectivity index (χ0v) is 8.67. The van der Waals surface area contributed by atoms with Crippen molar-refractivity contribution in [2.45, 2.75) is 12.3 Å². The lowest BCUT2D eigenvalue weighted by Gasteiger charge is -2.22. The van der Waals surface area contributed by atoms with Gasteiger partial charge in [0.2, 0.25) is 0 Å². The van der Waals surface area contributed by atoms with Gasteiger partial charge in [0.05, 0.1) is 0 Å². The molecule has 2 rings (SSSR count). The summed E-state index contributed by atoms with van der Waals surface area (Å²) < 4.78 is 0. The number of hydrogen-bond donors (Lipinski definition) is 2. The van der Waals surface area contributed by atoms with Gasteiger partial charge in [-0.05, 0) is 5.56 Å². The Morgan fingerprint density at radius 2 is 2.13 bits per heavy atom. The first kappa shape index (κ1) is 10.3. The normalized spacial score (nSPS) is 27.6. The molecule has 1 aliphatic rings. The highest BCUT2D eigenvalue weighted by molar-refractivity contribution is 5.60. The van der Waals surface area contributed by atoms with Crippen LogP contribution in [0.25, 0.3) is 0 Å². The van der Waals surface area contributed by atoms with E-state index < -0.39 is 6.23 Å². The monoisotopic (exact) mass is 205 g/mol. The Morgan fingerprint density at radius 3 is 2.87 bits per heavy atom. The molecule has 0 spiro atoms. The molecule has 1 aromatic rings. The molecule has 0 bridgehead atoms. The van der Waals surface area contributed by atoms with Crippen molar-refractivity contribution in [1.82, 2.24) is 10.4 Å².